The van der Waals surface area contributed by atoms with Crippen LogP contribution in [0.1, 0.15) is 5.56 Å². The first kappa shape index (κ1) is 28.1. The van der Waals surface area contributed by atoms with Gasteiger partial charge in [-0.1, -0.05) is 60.1 Å². The van der Waals surface area contributed by atoms with Gasteiger partial charge in [-0.05, 0) is 60.3 Å². The molecular formula is C39H25N4O2Pt-. The predicted octanol–water partition coefficient (Wildman–Crippen LogP) is 9.43. The molecule has 0 aliphatic carbocycles. The SMILES string of the molecule is Cc1ccnc(-n2c3[c-]c(Oc4ccc5cc(-n6c7ccccc7c7ccccc76)cc(O)c5n4)ccc3c3ccccc32)c1.[Pt]. The number of para-hydroxylation sites is 3. The maximum absolute atomic E-state index is 11.2. The van der Waals surface area contributed by atoms with Crippen molar-refractivity contribution in [1.82, 2.24) is 19.1 Å². The summed E-state index contributed by atoms with van der Waals surface area (Å²) in [5, 5.41) is 16.6. The number of ether oxygens (including phenoxy) is 1. The van der Waals surface area contributed by atoms with Gasteiger partial charge in [-0.15, -0.1) is 17.5 Å². The zero-order valence-electron chi connectivity index (χ0n) is 24.6. The van der Waals surface area contributed by atoms with E-state index in [-0.39, 0.29) is 26.8 Å². The summed E-state index contributed by atoms with van der Waals surface area (Å²) in [6.07, 6.45) is 1.82. The Morgan fingerprint density at radius 1 is 0.674 bits per heavy atom. The summed E-state index contributed by atoms with van der Waals surface area (Å²) in [7, 11) is 0. The third-order valence-corrected chi connectivity index (χ3v) is 8.47. The van der Waals surface area contributed by atoms with E-state index in [0.717, 1.165) is 55.3 Å². The Balaban J connectivity index is 0.00000312. The standard InChI is InChI=1S/C39H25N4O2.Pt/c1-24-18-19-40-37(20-24)43-34-13-7-4-10-30(34)31-16-15-27(23-35(31)43)45-38-17-14-25-21-26(22-36(44)39(25)41-38)42-32-11-5-2-8-28(32)29-9-3-6-12-33(29)42;/h2-22,44H,1H3;/q-1;. The van der Waals surface area contributed by atoms with E-state index in [1.807, 2.05) is 60.8 Å². The van der Waals surface area contributed by atoms with Crippen molar-refractivity contribution >= 4 is 54.5 Å². The molecule has 7 heteroatoms. The molecule has 6 nitrogen and oxygen atoms in total. The zero-order chi connectivity index (χ0) is 30.1. The number of phenolic OH excluding ortho intramolecular Hbond substituents is 1. The van der Waals surface area contributed by atoms with Crippen LogP contribution in [-0.4, -0.2) is 24.2 Å². The van der Waals surface area contributed by atoms with Crippen LogP contribution in [0.25, 0.3) is 66.0 Å². The minimum absolute atomic E-state index is 0. The first-order chi connectivity index (χ1) is 22.1. The molecule has 0 radical (unpaired) electrons. The van der Waals surface area contributed by atoms with Gasteiger partial charge in [-0.25, -0.2) is 9.97 Å². The van der Waals surface area contributed by atoms with Crippen molar-refractivity contribution in [3.8, 4) is 28.9 Å². The number of hydrogen-bond donors (Lipinski definition) is 1. The molecule has 4 heterocycles. The molecule has 0 amide bonds. The summed E-state index contributed by atoms with van der Waals surface area (Å²) >= 11 is 0. The van der Waals surface area contributed by atoms with Gasteiger partial charge in [0.05, 0.1) is 16.7 Å². The number of fused-ring (bicyclic) bond motifs is 7. The van der Waals surface area contributed by atoms with E-state index in [9.17, 15) is 5.11 Å². The van der Waals surface area contributed by atoms with Crippen molar-refractivity contribution in [1.29, 1.82) is 0 Å². The van der Waals surface area contributed by atoms with E-state index in [4.69, 9.17) is 9.72 Å². The zero-order valence-corrected chi connectivity index (χ0v) is 26.9. The summed E-state index contributed by atoms with van der Waals surface area (Å²) in [5.41, 5.74) is 6.53. The third kappa shape index (κ3) is 4.37. The first-order valence-corrected chi connectivity index (χ1v) is 14.8. The van der Waals surface area contributed by atoms with Gasteiger partial charge < -0.3 is 19.0 Å². The molecule has 0 aliphatic heterocycles. The summed E-state index contributed by atoms with van der Waals surface area (Å²) in [4.78, 5) is 9.37. The Morgan fingerprint density at radius 2 is 1.33 bits per heavy atom. The average Bonchev–Trinajstić information content (AvgIpc) is 3.58. The maximum atomic E-state index is 11.2. The second kappa shape index (κ2) is 10.9. The van der Waals surface area contributed by atoms with Crippen molar-refractivity contribution in [2.24, 2.45) is 0 Å². The average molecular weight is 777 g/mol. The second-order valence-corrected chi connectivity index (χ2v) is 11.3. The van der Waals surface area contributed by atoms with Gasteiger partial charge in [0, 0.05) is 66.8 Å². The molecule has 0 spiro atoms. The van der Waals surface area contributed by atoms with Crippen molar-refractivity contribution in [3.05, 3.63) is 139 Å². The molecule has 5 aromatic carbocycles. The third-order valence-electron chi connectivity index (χ3n) is 8.47. The predicted molar refractivity (Wildman–Crippen MR) is 180 cm³/mol. The summed E-state index contributed by atoms with van der Waals surface area (Å²) in [5.74, 6) is 1.80. The Labute approximate surface area is 278 Å². The fraction of sp³-hybridized carbons (Fsp3) is 0.0256. The van der Waals surface area contributed by atoms with Gasteiger partial charge in [0.2, 0.25) is 5.88 Å². The summed E-state index contributed by atoms with van der Waals surface area (Å²) in [6, 6.07) is 44.0. The molecule has 9 rings (SSSR count). The Kier molecular flexibility index (Phi) is 6.63. The van der Waals surface area contributed by atoms with E-state index in [1.54, 1.807) is 6.07 Å². The normalized spacial score (nSPS) is 11.5. The topological polar surface area (TPSA) is 65.1 Å². The number of aryl methyl sites for hydroxylation is 1. The van der Waals surface area contributed by atoms with Crippen molar-refractivity contribution < 1.29 is 30.9 Å². The number of aromatic nitrogens is 4. The molecule has 9 aromatic rings. The van der Waals surface area contributed by atoms with E-state index in [2.05, 4.69) is 87.8 Å². The van der Waals surface area contributed by atoms with Crippen LogP contribution >= 0.6 is 0 Å². The molecule has 224 valence electrons. The molecule has 0 bridgehead atoms. The van der Waals surface area contributed by atoms with Gasteiger partial charge in [0.15, 0.2) is 0 Å². The van der Waals surface area contributed by atoms with Crippen LogP contribution in [-0.2, 0) is 21.1 Å². The summed E-state index contributed by atoms with van der Waals surface area (Å²) in [6.45, 7) is 2.06. The van der Waals surface area contributed by atoms with Crippen LogP contribution < -0.4 is 4.74 Å². The van der Waals surface area contributed by atoms with Crippen LogP contribution in [0.2, 0.25) is 0 Å². The summed E-state index contributed by atoms with van der Waals surface area (Å²) < 4.78 is 10.6. The fourth-order valence-electron chi connectivity index (χ4n) is 6.50. The van der Waals surface area contributed by atoms with Gasteiger partial charge >= 0.3 is 0 Å². The van der Waals surface area contributed by atoms with Crippen LogP contribution in [0.4, 0.5) is 0 Å². The number of nitrogens with zero attached hydrogens (tertiary/aromatic N) is 4. The molecule has 0 unspecified atom stereocenters. The molecular weight excluding hydrogens is 752 g/mol. The Hall–Kier alpha value is -5.45. The van der Waals surface area contributed by atoms with Gasteiger partial charge in [-0.2, -0.15) is 6.07 Å². The van der Waals surface area contributed by atoms with E-state index in [1.165, 1.54) is 10.8 Å². The fourth-order valence-corrected chi connectivity index (χ4v) is 6.50. The minimum Gasteiger partial charge on any atom is -0.506 e. The molecule has 0 atom stereocenters. The number of hydrogen-bond acceptors (Lipinski definition) is 4. The van der Waals surface area contributed by atoms with Crippen molar-refractivity contribution in [3.63, 3.8) is 0 Å². The molecule has 46 heavy (non-hydrogen) atoms. The molecule has 0 fully saturated rings. The Morgan fingerprint density at radius 3 is 2.02 bits per heavy atom. The van der Waals surface area contributed by atoms with Gasteiger partial charge in [0.1, 0.15) is 17.1 Å². The molecule has 4 aromatic heterocycles. The number of pyridine rings is 2. The van der Waals surface area contributed by atoms with Crippen LogP contribution in [0.5, 0.6) is 17.4 Å². The van der Waals surface area contributed by atoms with E-state index < -0.39 is 0 Å². The molecule has 0 saturated heterocycles. The quantitative estimate of drug-likeness (QED) is 0.181. The van der Waals surface area contributed by atoms with Gasteiger partial charge in [0.25, 0.3) is 0 Å². The van der Waals surface area contributed by atoms with Crippen molar-refractivity contribution in [2.75, 3.05) is 0 Å². The largest absolute Gasteiger partial charge is 0.506 e. The van der Waals surface area contributed by atoms with Crippen LogP contribution in [0.3, 0.4) is 0 Å². The molecule has 1 N–H and O–H groups in total. The van der Waals surface area contributed by atoms with Crippen LogP contribution in [0.15, 0.2) is 128 Å². The second-order valence-electron chi connectivity index (χ2n) is 11.3. The number of rotatable bonds is 4. The number of aromatic hydroxyl groups is 1. The van der Waals surface area contributed by atoms with Crippen molar-refractivity contribution in [2.45, 2.75) is 6.92 Å². The molecule has 0 aliphatic rings. The Bertz CT molecular complexity index is 2570. The van der Waals surface area contributed by atoms with E-state index in [0.29, 0.717) is 17.1 Å². The van der Waals surface area contributed by atoms with Crippen LogP contribution in [0, 0.1) is 13.0 Å². The number of phenols is 1. The van der Waals surface area contributed by atoms with E-state index >= 15 is 0 Å². The maximum Gasteiger partial charge on any atom is 0.217 e. The monoisotopic (exact) mass is 776 g/mol. The molecule has 0 saturated carbocycles. The minimum atomic E-state index is 0. The first-order valence-electron chi connectivity index (χ1n) is 14.8. The smallest absolute Gasteiger partial charge is 0.217 e. The number of benzene rings is 5. The van der Waals surface area contributed by atoms with Gasteiger partial charge in [-0.3, -0.25) is 0 Å².